The molecule has 19 heteroatoms. The SMILES string of the molecule is C[C@H]1C[C@@H](OP(=O)(O)OCCOP(=O)(O)OCCC[N+]2=C(/C=C/C=C3/N(CCCO)c4ccccc4C3(C)C)C(C)(C)c3ccccc32)[C@@H](COP(=O)(O)O)O1. The zero-order valence-electron chi connectivity index (χ0n) is 32.3. The highest BCUT2D eigenvalue weighted by atomic mass is 31.2. The van der Waals surface area contributed by atoms with E-state index in [4.69, 9.17) is 32.6 Å². The molecule has 16 nitrogen and oxygen atoms in total. The third-order valence-electron chi connectivity index (χ3n) is 10.1. The molecule has 2 unspecified atom stereocenters. The molecule has 0 radical (unpaired) electrons. The molecule has 310 valence electrons. The smallest absolute Gasteiger partial charge is 0.396 e. The first-order valence-electron chi connectivity index (χ1n) is 18.5. The number of nitrogens with zero attached hydrogens (tertiary/aromatic N) is 2. The summed E-state index contributed by atoms with van der Waals surface area (Å²) in [6.45, 7) is 9.76. The number of para-hydroxylation sites is 2. The second kappa shape index (κ2) is 18.3. The predicted molar refractivity (Wildman–Crippen MR) is 209 cm³/mol. The number of ether oxygens (including phenoxy) is 1. The molecule has 3 heterocycles. The Labute approximate surface area is 327 Å². The summed E-state index contributed by atoms with van der Waals surface area (Å²) in [5, 5.41) is 9.61. The maximum absolute atomic E-state index is 12.6. The van der Waals surface area contributed by atoms with E-state index in [1.807, 2.05) is 30.3 Å². The van der Waals surface area contributed by atoms with Crippen molar-refractivity contribution in [3.05, 3.63) is 83.6 Å². The molecule has 5 N–H and O–H groups in total. The number of fused-ring (bicyclic) bond motifs is 2. The lowest BCUT2D eigenvalue weighted by Crippen LogP contribution is -2.28. The minimum absolute atomic E-state index is 0.0995. The Morgan fingerprint density at radius 2 is 1.50 bits per heavy atom. The quantitative estimate of drug-likeness (QED) is 0.0588. The molecular weight excluding hydrogens is 789 g/mol. The van der Waals surface area contributed by atoms with E-state index in [1.54, 1.807) is 6.92 Å². The van der Waals surface area contributed by atoms with Crippen molar-refractivity contribution in [1.82, 2.24) is 0 Å². The van der Waals surface area contributed by atoms with Gasteiger partial charge < -0.3 is 34.3 Å². The molecule has 0 spiro atoms. The molecular formula is C37H54N2O14P3+. The van der Waals surface area contributed by atoms with Crippen molar-refractivity contribution < 1.29 is 70.3 Å². The average Bonchev–Trinajstić information content (AvgIpc) is 3.65. The first kappa shape index (κ1) is 44.7. The molecule has 2 aromatic rings. The van der Waals surface area contributed by atoms with Gasteiger partial charge in [0.1, 0.15) is 12.2 Å². The van der Waals surface area contributed by atoms with Gasteiger partial charge in [-0.3, -0.25) is 22.6 Å². The fraction of sp³-hybridized carbons (Fsp3) is 0.541. The summed E-state index contributed by atoms with van der Waals surface area (Å²) in [5.41, 5.74) is 6.13. The topological polar surface area (TPSA) is 214 Å². The fourth-order valence-electron chi connectivity index (χ4n) is 7.52. The number of aliphatic hydroxyl groups is 1. The van der Waals surface area contributed by atoms with Crippen LogP contribution in [0.5, 0.6) is 0 Å². The number of phosphoric acid groups is 3. The highest BCUT2D eigenvalue weighted by Gasteiger charge is 2.45. The van der Waals surface area contributed by atoms with Gasteiger partial charge in [0, 0.05) is 60.5 Å². The lowest BCUT2D eigenvalue weighted by molar-refractivity contribution is -0.438. The fourth-order valence-corrected chi connectivity index (χ4v) is 9.53. The zero-order valence-corrected chi connectivity index (χ0v) is 35.0. The molecule has 2 aromatic carbocycles. The molecule has 0 saturated carbocycles. The van der Waals surface area contributed by atoms with Gasteiger partial charge in [0.05, 0.1) is 37.9 Å². The number of allylic oxidation sites excluding steroid dienone is 4. The van der Waals surface area contributed by atoms with Crippen LogP contribution in [0.15, 0.2) is 72.5 Å². The number of anilines is 1. The van der Waals surface area contributed by atoms with Crippen molar-refractivity contribution >= 4 is 40.6 Å². The van der Waals surface area contributed by atoms with Crippen molar-refractivity contribution in [2.75, 3.05) is 51.0 Å². The molecule has 0 aromatic heterocycles. The van der Waals surface area contributed by atoms with Gasteiger partial charge in [-0.15, -0.1) is 0 Å². The van der Waals surface area contributed by atoms with Crippen molar-refractivity contribution in [2.24, 2.45) is 0 Å². The van der Waals surface area contributed by atoms with Crippen molar-refractivity contribution in [3.63, 3.8) is 0 Å². The summed E-state index contributed by atoms with van der Waals surface area (Å²) in [6.07, 6.45) is 4.90. The Kier molecular flexibility index (Phi) is 14.6. The minimum atomic E-state index is -4.81. The predicted octanol–water partition coefficient (Wildman–Crippen LogP) is 6.00. The molecule has 5 atom stereocenters. The van der Waals surface area contributed by atoms with Crippen LogP contribution < -0.4 is 4.90 Å². The maximum Gasteiger partial charge on any atom is 0.472 e. The largest absolute Gasteiger partial charge is 0.472 e. The monoisotopic (exact) mass is 843 g/mol. The average molecular weight is 844 g/mol. The van der Waals surface area contributed by atoms with Crippen LogP contribution in [0, 0.1) is 0 Å². The molecule has 0 aliphatic carbocycles. The molecule has 0 bridgehead atoms. The Bertz CT molecular complexity index is 1940. The molecule has 1 fully saturated rings. The highest BCUT2D eigenvalue weighted by molar-refractivity contribution is 7.47. The summed E-state index contributed by atoms with van der Waals surface area (Å²) in [7, 11) is -14.1. The van der Waals surface area contributed by atoms with E-state index in [0.717, 1.165) is 28.3 Å². The van der Waals surface area contributed by atoms with E-state index in [9.17, 15) is 28.6 Å². The van der Waals surface area contributed by atoms with E-state index in [0.29, 0.717) is 25.9 Å². The summed E-state index contributed by atoms with van der Waals surface area (Å²) in [5.74, 6) is 0. The van der Waals surface area contributed by atoms with Crippen LogP contribution in [0.1, 0.15) is 65.0 Å². The normalized spacial score (nSPS) is 24.5. The number of hydrogen-bond donors (Lipinski definition) is 5. The Morgan fingerprint density at radius 1 is 0.857 bits per heavy atom. The van der Waals surface area contributed by atoms with Crippen LogP contribution in [0.3, 0.4) is 0 Å². The van der Waals surface area contributed by atoms with E-state index in [1.165, 1.54) is 5.56 Å². The van der Waals surface area contributed by atoms with Gasteiger partial charge in [0.15, 0.2) is 12.3 Å². The van der Waals surface area contributed by atoms with Crippen LogP contribution >= 0.6 is 23.5 Å². The van der Waals surface area contributed by atoms with Gasteiger partial charge in [0.2, 0.25) is 5.69 Å². The molecule has 0 amide bonds. The van der Waals surface area contributed by atoms with Crippen LogP contribution in [-0.2, 0) is 51.9 Å². The van der Waals surface area contributed by atoms with E-state index >= 15 is 0 Å². The standard InChI is InChI=1S/C37H53N2O14P3/c1-27-25-32(33(52-27)26-51-54(41,42)43)53-56(46,47)50-24-23-49-55(44,45)48-22-12-20-39-31-16-9-7-14-29(31)37(4,5)35(39)18-10-17-34-36(2,3)28-13-6-8-15-30(28)38(34)19-11-21-40/h6-10,13-18,27,32-33,40H,11-12,19-26H2,1-5H3,(H3-,41,42,43,44,45,46,47)/p+1/t27-,32+,33+/m0/s1. The maximum atomic E-state index is 12.6. The minimum Gasteiger partial charge on any atom is -0.396 e. The number of hydrogen-bond acceptors (Lipinski definition) is 11. The van der Waals surface area contributed by atoms with E-state index < -0.39 is 61.6 Å². The summed E-state index contributed by atoms with van der Waals surface area (Å²) in [4.78, 5) is 40.7. The molecule has 3 aliphatic rings. The summed E-state index contributed by atoms with van der Waals surface area (Å²) < 4.78 is 68.5. The first-order chi connectivity index (χ1) is 26.3. The lowest BCUT2D eigenvalue weighted by Gasteiger charge is -2.26. The first-order valence-corrected chi connectivity index (χ1v) is 23.0. The lowest BCUT2D eigenvalue weighted by atomic mass is 9.81. The number of aliphatic hydroxyl groups excluding tert-OH is 1. The van der Waals surface area contributed by atoms with Gasteiger partial charge in [-0.1, -0.05) is 56.3 Å². The molecule has 5 rings (SSSR count). The molecule has 56 heavy (non-hydrogen) atoms. The molecule has 3 aliphatic heterocycles. The zero-order chi connectivity index (χ0) is 40.9. The second-order valence-electron chi connectivity index (χ2n) is 14.9. The number of benzene rings is 2. The van der Waals surface area contributed by atoms with Gasteiger partial charge in [-0.05, 0) is 44.9 Å². The van der Waals surface area contributed by atoms with Gasteiger partial charge in [0.25, 0.3) is 0 Å². The summed E-state index contributed by atoms with van der Waals surface area (Å²) >= 11 is 0. The Morgan fingerprint density at radius 3 is 2.20 bits per heavy atom. The highest BCUT2D eigenvalue weighted by Crippen LogP contribution is 2.50. The van der Waals surface area contributed by atoms with Crippen molar-refractivity contribution in [3.8, 4) is 0 Å². The Balaban J connectivity index is 1.18. The van der Waals surface area contributed by atoms with E-state index in [-0.39, 0.29) is 30.5 Å². The van der Waals surface area contributed by atoms with Crippen LogP contribution in [0.4, 0.5) is 11.4 Å². The van der Waals surface area contributed by atoms with Gasteiger partial charge >= 0.3 is 23.5 Å². The van der Waals surface area contributed by atoms with Crippen molar-refractivity contribution in [2.45, 2.75) is 83.0 Å². The van der Waals surface area contributed by atoms with E-state index in [2.05, 4.69) is 78.1 Å². The molecule has 1 saturated heterocycles. The summed E-state index contributed by atoms with van der Waals surface area (Å²) in [6, 6.07) is 16.5. The van der Waals surface area contributed by atoms with Crippen molar-refractivity contribution in [1.29, 1.82) is 0 Å². The third-order valence-corrected chi connectivity index (χ3v) is 12.6. The third kappa shape index (κ3) is 11.0. The number of phosphoric ester groups is 3. The van der Waals surface area contributed by atoms with Crippen LogP contribution in [0.25, 0.3) is 0 Å². The van der Waals surface area contributed by atoms with Crippen LogP contribution in [-0.4, -0.2) is 99.4 Å². The van der Waals surface area contributed by atoms with Gasteiger partial charge in [-0.2, -0.15) is 4.58 Å². The number of rotatable bonds is 20. The van der Waals surface area contributed by atoms with Gasteiger partial charge in [-0.25, -0.2) is 13.7 Å². The second-order valence-corrected chi connectivity index (χ2v) is 19.0. The van der Waals surface area contributed by atoms with Crippen LogP contribution in [0.2, 0.25) is 0 Å². The Hall–Kier alpha value is -2.36.